The van der Waals surface area contributed by atoms with Gasteiger partial charge in [-0.05, 0) is 63.2 Å². The van der Waals surface area contributed by atoms with Crippen molar-refractivity contribution >= 4 is 29.3 Å². The molecule has 0 bridgehead atoms. The monoisotopic (exact) mass is 555 g/mol. The first-order valence-corrected chi connectivity index (χ1v) is 13.4. The largest absolute Gasteiger partial charge is 0.497 e. The summed E-state index contributed by atoms with van der Waals surface area (Å²) in [6, 6.07) is 11.0. The third-order valence-corrected chi connectivity index (χ3v) is 6.73. The number of ether oxygens (including phenoxy) is 2. The van der Waals surface area contributed by atoms with E-state index in [2.05, 4.69) is 16.0 Å². The number of aliphatic hydroxyl groups excluding tert-OH is 1. The summed E-state index contributed by atoms with van der Waals surface area (Å²) in [5.41, 5.74) is 1.67. The fourth-order valence-corrected chi connectivity index (χ4v) is 4.40. The van der Waals surface area contributed by atoms with E-state index in [1.54, 1.807) is 73.3 Å². The lowest BCUT2D eigenvalue weighted by Gasteiger charge is -2.34. The minimum atomic E-state index is -0.444. The van der Waals surface area contributed by atoms with E-state index >= 15 is 0 Å². The number of anilines is 2. The van der Waals surface area contributed by atoms with Gasteiger partial charge in [0, 0.05) is 42.5 Å². The Bertz CT molecular complexity index is 1170. The molecule has 4 N–H and O–H groups in total. The molecule has 218 valence electrons. The number of urea groups is 2. The zero-order valence-electron chi connectivity index (χ0n) is 24.1. The maximum absolute atomic E-state index is 13.4. The predicted octanol–water partition coefficient (Wildman–Crippen LogP) is 3.54. The quantitative estimate of drug-likeness (QED) is 0.394. The number of hydrogen-bond donors (Lipinski definition) is 4. The average Bonchev–Trinajstić information content (AvgIpc) is 2.95. The first-order chi connectivity index (χ1) is 19.0. The molecule has 0 fully saturated rings. The van der Waals surface area contributed by atoms with Crippen LogP contribution in [-0.4, -0.2) is 84.9 Å². The Kier molecular flexibility index (Phi) is 10.6. The molecular weight excluding hydrogens is 514 g/mol. The van der Waals surface area contributed by atoms with Gasteiger partial charge in [-0.3, -0.25) is 4.79 Å². The summed E-state index contributed by atoms with van der Waals surface area (Å²) < 4.78 is 11.6. The van der Waals surface area contributed by atoms with Gasteiger partial charge < -0.3 is 40.3 Å². The second-order valence-electron chi connectivity index (χ2n) is 10.5. The van der Waals surface area contributed by atoms with Crippen LogP contribution < -0.4 is 25.4 Å². The predicted molar refractivity (Wildman–Crippen MR) is 154 cm³/mol. The molecule has 0 radical (unpaired) electrons. The van der Waals surface area contributed by atoms with Crippen molar-refractivity contribution in [2.45, 2.75) is 52.3 Å². The number of nitrogens with one attached hydrogen (secondary N) is 3. The van der Waals surface area contributed by atoms with Crippen LogP contribution in [0, 0.1) is 5.92 Å². The van der Waals surface area contributed by atoms with Crippen molar-refractivity contribution in [2.75, 3.05) is 44.5 Å². The van der Waals surface area contributed by atoms with Crippen LogP contribution >= 0.6 is 0 Å². The Morgan fingerprint density at radius 1 is 1.12 bits per heavy atom. The minimum Gasteiger partial charge on any atom is -0.497 e. The maximum atomic E-state index is 13.4. The maximum Gasteiger partial charge on any atom is 0.323 e. The summed E-state index contributed by atoms with van der Waals surface area (Å²) in [5.74, 6) is 0.871. The van der Waals surface area contributed by atoms with Crippen molar-refractivity contribution in [3.8, 4) is 11.5 Å². The topological polar surface area (TPSA) is 132 Å². The van der Waals surface area contributed by atoms with Crippen molar-refractivity contribution in [1.29, 1.82) is 0 Å². The molecule has 2 aromatic rings. The highest BCUT2D eigenvalue weighted by Crippen LogP contribution is 2.29. The van der Waals surface area contributed by atoms with Gasteiger partial charge in [-0.25, -0.2) is 9.59 Å². The highest BCUT2D eigenvalue weighted by atomic mass is 16.5. The van der Waals surface area contributed by atoms with Crippen LogP contribution in [0.3, 0.4) is 0 Å². The molecule has 0 aromatic heterocycles. The van der Waals surface area contributed by atoms with Crippen LogP contribution in [0.4, 0.5) is 21.0 Å². The first-order valence-electron chi connectivity index (χ1n) is 13.4. The SMILES string of the molecule is COc1ccc(NC(=O)Nc2ccc3c(c2)CC(=O)N([C@H](C)CO)C[C@@H](C)[C@@H](CN(C)C(=O)NC(C)C)O3)cc1. The molecule has 0 unspecified atom stereocenters. The number of fused-ring (bicyclic) bond motifs is 1. The van der Waals surface area contributed by atoms with E-state index in [0.717, 1.165) is 0 Å². The number of rotatable bonds is 8. The van der Waals surface area contributed by atoms with Crippen molar-refractivity contribution in [3.05, 3.63) is 48.0 Å². The second-order valence-corrected chi connectivity index (χ2v) is 10.5. The Labute approximate surface area is 235 Å². The Hall–Kier alpha value is -3.99. The molecule has 2 aromatic carbocycles. The molecule has 1 aliphatic rings. The number of methoxy groups -OCH3 is 1. The van der Waals surface area contributed by atoms with Crippen LogP contribution in [0.2, 0.25) is 0 Å². The second kappa shape index (κ2) is 13.9. The van der Waals surface area contributed by atoms with Gasteiger partial charge in [-0.2, -0.15) is 0 Å². The lowest BCUT2D eigenvalue weighted by molar-refractivity contribution is -0.134. The van der Waals surface area contributed by atoms with Gasteiger partial charge in [-0.15, -0.1) is 0 Å². The number of benzene rings is 2. The van der Waals surface area contributed by atoms with Crippen LogP contribution in [0.25, 0.3) is 0 Å². The van der Waals surface area contributed by atoms with Gasteiger partial charge >= 0.3 is 12.1 Å². The molecule has 11 heteroatoms. The van der Waals surface area contributed by atoms with Crippen molar-refractivity contribution in [1.82, 2.24) is 15.1 Å². The van der Waals surface area contributed by atoms with Crippen LogP contribution in [0.5, 0.6) is 11.5 Å². The lowest BCUT2D eigenvalue weighted by Crippen LogP contribution is -2.49. The minimum absolute atomic E-state index is 0.0130. The van der Waals surface area contributed by atoms with Gasteiger partial charge in [0.25, 0.3) is 0 Å². The van der Waals surface area contributed by atoms with Crippen molar-refractivity contribution in [2.24, 2.45) is 5.92 Å². The van der Waals surface area contributed by atoms with Gasteiger partial charge in [0.15, 0.2) is 0 Å². The molecule has 0 spiro atoms. The van der Waals surface area contributed by atoms with E-state index in [4.69, 9.17) is 9.47 Å². The van der Waals surface area contributed by atoms with E-state index in [1.807, 2.05) is 20.8 Å². The molecule has 3 rings (SSSR count). The van der Waals surface area contributed by atoms with E-state index in [-0.39, 0.29) is 36.9 Å². The molecule has 11 nitrogen and oxygen atoms in total. The number of hydrogen-bond acceptors (Lipinski definition) is 6. The molecule has 0 aliphatic carbocycles. The first kappa shape index (κ1) is 30.6. The molecule has 5 amide bonds. The average molecular weight is 556 g/mol. The number of carbonyl (C=O) groups excluding carboxylic acids is 3. The highest BCUT2D eigenvalue weighted by Gasteiger charge is 2.32. The van der Waals surface area contributed by atoms with Gasteiger partial charge in [0.05, 0.1) is 32.7 Å². The van der Waals surface area contributed by atoms with E-state index in [0.29, 0.717) is 41.5 Å². The number of carbonyl (C=O) groups is 3. The third kappa shape index (κ3) is 8.25. The highest BCUT2D eigenvalue weighted by molar-refractivity contribution is 6.00. The zero-order valence-corrected chi connectivity index (χ0v) is 24.1. The third-order valence-electron chi connectivity index (χ3n) is 6.73. The fraction of sp³-hybridized carbons (Fsp3) is 0.483. The molecule has 1 heterocycles. The van der Waals surface area contributed by atoms with Crippen LogP contribution in [-0.2, 0) is 11.2 Å². The van der Waals surface area contributed by atoms with Gasteiger partial charge in [0.1, 0.15) is 17.6 Å². The molecular formula is C29H41N5O6. The van der Waals surface area contributed by atoms with Crippen LogP contribution in [0.1, 0.15) is 33.3 Å². The smallest absolute Gasteiger partial charge is 0.323 e. The standard InChI is InChI=1S/C29H41N5O6/c1-18(2)30-29(38)33(5)16-26-19(3)15-34(20(4)17-35)27(36)14-21-13-23(9-12-25(21)40-26)32-28(37)31-22-7-10-24(39-6)11-8-22/h7-13,18-20,26,35H,14-17H2,1-6H3,(H,30,38)(H2,31,32,37)/t19-,20-,26-/m1/s1. The number of aliphatic hydroxyl groups is 1. The Balaban J connectivity index is 1.85. The number of nitrogens with zero attached hydrogens (tertiary/aromatic N) is 2. The molecule has 0 saturated heterocycles. The molecule has 1 aliphatic heterocycles. The van der Waals surface area contributed by atoms with Gasteiger partial charge in [-0.1, -0.05) is 6.92 Å². The normalized spacial score (nSPS) is 17.9. The molecule has 0 saturated carbocycles. The number of likely N-dealkylation sites (N-methyl/N-ethyl adjacent to an activating group) is 1. The van der Waals surface area contributed by atoms with Crippen LogP contribution in [0.15, 0.2) is 42.5 Å². The summed E-state index contributed by atoms with van der Waals surface area (Å²) in [6.45, 7) is 8.01. The van der Waals surface area contributed by atoms with E-state index in [1.165, 1.54) is 0 Å². The molecule has 40 heavy (non-hydrogen) atoms. The van der Waals surface area contributed by atoms with Crippen molar-refractivity contribution < 1.29 is 29.0 Å². The van der Waals surface area contributed by atoms with E-state index in [9.17, 15) is 19.5 Å². The Morgan fingerprint density at radius 3 is 2.40 bits per heavy atom. The summed E-state index contributed by atoms with van der Waals surface area (Å²) in [6.07, 6.45) is -0.406. The van der Waals surface area contributed by atoms with Gasteiger partial charge in [0.2, 0.25) is 5.91 Å². The van der Waals surface area contributed by atoms with Crippen molar-refractivity contribution in [3.63, 3.8) is 0 Å². The van der Waals surface area contributed by atoms with E-state index < -0.39 is 18.2 Å². The fourth-order valence-electron chi connectivity index (χ4n) is 4.40. The summed E-state index contributed by atoms with van der Waals surface area (Å²) in [4.78, 5) is 41.9. The number of amides is 5. The Morgan fingerprint density at radius 2 is 1.77 bits per heavy atom. The summed E-state index contributed by atoms with van der Waals surface area (Å²) in [5, 5.41) is 18.3. The molecule has 3 atom stereocenters. The summed E-state index contributed by atoms with van der Waals surface area (Å²) >= 11 is 0. The zero-order chi connectivity index (χ0) is 29.4. The lowest BCUT2D eigenvalue weighted by atomic mass is 10.0. The summed E-state index contributed by atoms with van der Waals surface area (Å²) in [7, 11) is 3.27.